The second-order valence-corrected chi connectivity index (χ2v) is 4.92. The number of fused-ring (bicyclic) bond motifs is 1. The van der Waals surface area contributed by atoms with Gasteiger partial charge in [0.2, 0.25) is 0 Å². The number of H-pyrrole nitrogens is 1. The fraction of sp³-hybridized carbons (Fsp3) is 0.556. The highest BCUT2D eigenvalue weighted by Crippen LogP contribution is 2.28. The van der Waals surface area contributed by atoms with Crippen LogP contribution < -0.4 is 0 Å². The van der Waals surface area contributed by atoms with E-state index in [-0.39, 0.29) is 6.61 Å². The van der Waals surface area contributed by atoms with Gasteiger partial charge in [0.15, 0.2) is 0 Å². The number of alkyl halides is 3. The number of nitrogens with one attached hydrogen (secondary N) is 1. The van der Waals surface area contributed by atoms with Crippen LogP contribution in [0.1, 0.15) is 17.1 Å². The molecule has 1 N–H and O–H groups in total. The first-order valence-electron chi connectivity index (χ1n) is 4.79. The summed E-state index contributed by atoms with van der Waals surface area (Å²) in [7, 11) is 0. The number of hydrogen-bond acceptors (Lipinski definition) is 4. The van der Waals surface area contributed by atoms with Crippen LogP contribution in [0.15, 0.2) is 0 Å². The molecule has 1 aromatic heterocycles. The van der Waals surface area contributed by atoms with Gasteiger partial charge in [-0.3, -0.25) is 0 Å². The summed E-state index contributed by atoms with van der Waals surface area (Å²) in [5, 5.41) is 0. The Kier molecular flexibility index (Phi) is 3.74. The number of thioether (sulfide) groups is 1. The van der Waals surface area contributed by atoms with Crippen LogP contribution in [-0.4, -0.2) is 22.8 Å². The van der Waals surface area contributed by atoms with Gasteiger partial charge in [0.1, 0.15) is 23.7 Å². The molecular weight excluding hydrogens is 273 g/mol. The van der Waals surface area contributed by atoms with Gasteiger partial charge in [-0.2, -0.15) is 24.9 Å². The van der Waals surface area contributed by atoms with Crippen molar-refractivity contribution in [2.45, 2.75) is 24.3 Å². The van der Waals surface area contributed by atoms with E-state index in [1.54, 1.807) is 11.8 Å². The molecule has 0 aromatic carbocycles. The van der Waals surface area contributed by atoms with Gasteiger partial charge in [0.25, 0.3) is 0 Å². The van der Waals surface area contributed by atoms with Gasteiger partial charge >= 0.3 is 6.18 Å². The maximum Gasteiger partial charge on any atom is 0.411 e. The van der Waals surface area contributed by atoms with Crippen LogP contribution in [-0.2, 0) is 22.8 Å². The van der Waals surface area contributed by atoms with E-state index >= 15 is 0 Å². The van der Waals surface area contributed by atoms with Gasteiger partial charge in [-0.05, 0) is 0 Å². The lowest BCUT2D eigenvalue weighted by molar-refractivity contribution is -0.177. The van der Waals surface area contributed by atoms with Gasteiger partial charge < -0.3 is 9.72 Å². The lowest BCUT2D eigenvalue weighted by atomic mass is 10.3. The van der Waals surface area contributed by atoms with Crippen LogP contribution >= 0.6 is 24.0 Å². The van der Waals surface area contributed by atoms with Crippen molar-refractivity contribution in [1.82, 2.24) is 9.97 Å². The SMILES string of the molecule is FC(F)(F)COCc1nc(=S)c2c([nH]1)CSC2. The fourth-order valence-corrected chi connectivity index (χ4v) is 2.92. The zero-order valence-electron chi connectivity index (χ0n) is 8.63. The average Bonchev–Trinajstić information content (AvgIpc) is 2.64. The van der Waals surface area contributed by atoms with Crippen molar-refractivity contribution >= 4 is 24.0 Å². The monoisotopic (exact) mass is 282 g/mol. The molecule has 0 unspecified atom stereocenters. The maximum atomic E-state index is 11.9. The zero-order valence-corrected chi connectivity index (χ0v) is 10.3. The molecule has 2 rings (SSSR count). The maximum absolute atomic E-state index is 11.9. The summed E-state index contributed by atoms with van der Waals surface area (Å²) < 4.78 is 40.6. The minimum Gasteiger partial charge on any atom is -0.364 e. The lowest BCUT2D eigenvalue weighted by Gasteiger charge is -2.08. The van der Waals surface area contributed by atoms with Gasteiger partial charge in [-0.1, -0.05) is 12.2 Å². The molecule has 1 aromatic rings. The van der Waals surface area contributed by atoms with Crippen molar-refractivity contribution < 1.29 is 17.9 Å². The van der Waals surface area contributed by atoms with Gasteiger partial charge in [0, 0.05) is 22.8 Å². The largest absolute Gasteiger partial charge is 0.411 e. The molecule has 1 aliphatic rings. The minimum atomic E-state index is -4.32. The number of halogens is 3. The third-order valence-corrected chi connectivity index (χ3v) is 3.47. The Morgan fingerprint density at radius 3 is 2.88 bits per heavy atom. The third kappa shape index (κ3) is 3.43. The Labute approximate surface area is 105 Å². The molecular formula is C9H9F3N2OS2. The second-order valence-electron chi connectivity index (χ2n) is 3.55. The van der Waals surface area contributed by atoms with E-state index in [0.717, 1.165) is 22.8 Å². The van der Waals surface area contributed by atoms with Crippen LogP contribution in [0.4, 0.5) is 13.2 Å². The number of rotatable bonds is 3. The van der Waals surface area contributed by atoms with E-state index in [0.29, 0.717) is 10.5 Å². The number of nitrogens with zero attached hydrogens (tertiary/aromatic N) is 1. The summed E-state index contributed by atoms with van der Waals surface area (Å²) in [6, 6.07) is 0. The smallest absolute Gasteiger partial charge is 0.364 e. The first-order chi connectivity index (χ1) is 7.96. The van der Waals surface area contributed by atoms with Gasteiger partial charge in [-0.15, -0.1) is 0 Å². The summed E-state index contributed by atoms with van der Waals surface area (Å²) in [5.41, 5.74) is 1.92. The molecule has 0 saturated carbocycles. The van der Waals surface area contributed by atoms with Crippen LogP contribution in [0.3, 0.4) is 0 Å². The molecule has 0 spiro atoms. The van der Waals surface area contributed by atoms with Crippen LogP contribution in [0, 0.1) is 4.64 Å². The van der Waals surface area contributed by atoms with Crippen LogP contribution in [0.25, 0.3) is 0 Å². The third-order valence-electron chi connectivity index (χ3n) is 2.15. The molecule has 3 nitrogen and oxygen atoms in total. The van der Waals surface area contributed by atoms with Gasteiger partial charge in [0.05, 0.1) is 0 Å². The molecule has 2 heterocycles. The number of ether oxygens (including phenoxy) is 1. The number of aromatic nitrogens is 2. The van der Waals surface area contributed by atoms with E-state index in [2.05, 4.69) is 14.7 Å². The summed E-state index contributed by atoms with van der Waals surface area (Å²) in [4.78, 5) is 6.98. The van der Waals surface area contributed by atoms with E-state index < -0.39 is 12.8 Å². The van der Waals surface area contributed by atoms with E-state index in [1.165, 1.54) is 0 Å². The van der Waals surface area contributed by atoms with Crippen molar-refractivity contribution in [3.05, 3.63) is 21.7 Å². The fourth-order valence-electron chi connectivity index (χ4n) is 1.46. The zero-order chi connectivity index (χ0) is 12.5. The van der Waals surface area contributed by atoms with Crippen molar-refractivity contribution in [2.75, 3.05) is 6.61 Å². The molecule has 0 bridgehead atoms. The minimum absolute atomic E-state index is 0.207. The molecule has 0 aliphatic carbocycles. The van der Waals surface area contributed by atoms with Crippen molar-refractivity contribution in [3.8, 4) is 0 Å². The van der Waals surface area contributed by atoms with Gasteiger partial charge in [-0.25, -0.2) is 4.98 Å². The molecule has 0 fully saturated rings. The second kappa shape index (κ2) is 4.95. The normalized spacial score (nSPS) is 15.0. The Bertz CT molecular complexity index is 472. The van der Waals surface area contributed by atoms with Crippen molar-refractivity contribution in [1.29, 1.82) is 0 Å². The Morgan fingerprint density at radius 2 is 2.18 bits per heavy atom. The summed E-state index contributed by atoms with van der Waals surface area (Å²) >= 11 is 6.76. The highest BCUT2D eigenvalue weighted by molar-refractivity contribution is 7.98. The summed E-state index contributed by atoms with van der Waals surface area (Å²) in [5.74, 6) is 1.94. The predicted octanol–water partition coefficient (Wildman–Crippen LogP) is 2.96. The molecule has 0 amide bonds. The Hall–Kier alpha value is -0.600. The molecule has 94 valence electrons. The first-order valence-corrected chi connectivity index (χ1v) is 6.35. The average molecular weight is 282 g/mol. The summed E-state index contributed by atoms with van der Waals surface area (Å²) in [6.45, 7) is -1.48. The summed E-state index contributed by atoms with van der Waals surface area (Å²) in [6.07, 6.45) is -4.32. The Morgan fingerprint density at radius 1 is 1.41 bits per heavy atom. The molecule has 1 aliphatic heterocycles. The number of aromatic amines is 1. The molecule has 8 heteroatoms. The number of hydrogen-bond donors (Lipinski definition) is 1. The highest BCUT2D eigenvalue weighted by Gasteiger charge is 2.27. The standard InChI is InChI=1S/C9H9F3N2OS2/c10-9(11,12)4-15-1-7-13-6-3-17-2-5(6)8(16)14-7/h1-4H2,(H,13,14,16). The molecule has 0 radical (unpaired) electrons. The van der Waals surface area contributed by atoms with Crippen molar-refractivity contribution in [2.24, 2.45) is 0 Å². The van der Waals surface area contributed by atoms with Crippen LogP contribution in [0.5, 0.6) is 0 Å². The highest BCUT2D eigenvalue weighted by atomic mass is 32.2. The van der Waals surface area contributed by atoms with E-state index in [1.807, 2.05) is 0 Å². The molecule has 0 saturated heterocycles. The van der Waals surface area contributed by atoms with Crippen LogP contribution in [0.2, 0.25) is 0 Å². The molecule has 17 heavy (non-hydrogen) atoms. The van der Waals surface area contributed by atoms with Crippen molar-refractivity contribution in [3.63, 3.8) is 0 Å². The Balaban J connectivity index is 2.03. The topological polar surface area (TPSA) is 37.9 Å². The molecule has 0 atom stereocenters. The quantitative estimate of drug-likeness (QED) is 0.865. The van der Waals surface area contributed by atoms with E-state index in [9.17, 15) is 13.2 Å². The first kappa shape index (κ1) is 12.8. The predicted molar refractivity (Wildman–Crippen MR) is 60.1 cm³/mol. The lowest BCUT2D eigenvalue weighted by Crippen LogP contribution is -2.17. The van der Waals surface area contributed by atoms with E-state index in [4.69, 9.17) is 12.2 Å².